The average Bonchev–Trinajstić information content (AvgIpc) is 3.65. The van der Waals surface area contributed by atoms with Gasteiger partial charge in [-0.05, 0) is 77.4 Å². The first kappa shape index (κ1) is 38.6. The first-order valence-corrected chi connectivity index (χ1v) is 18.3. The van der Waals surface area contributed by atoms with E-state index in [4.69, 9.17) is 14.6 Å². The molecule has 0 atom stereocenters. The van der Waals surface area contributed by atoms with E-state index >= 15 is 0 Å². The summed E-state index contributed by atoms with van der Waals surface area (Å²) in [5.41, 5.74) is 3.41. The molecular weight excluding hydrogens is 657 g/mol. The van der Waals surface area contributed by atoms with Crippen molar-refractivity contribution in [3.8, 4) is 11.5 Å². The Morgan fingerprint density at radius 2 is 1.02 bits per heavy atom. The molecule has 4 rings (SSSR count). The van der Waals surface area contributed by atoms with Crippen LogP contribution >= 0.6 is 0 Å². The predicted molar refractivity (Wildman–Crippen MR) is 184 cm³/mol. The molecule has 2 aromatic heterocycles. The number of rotatable bonds is 15. The summed E-state index contributed by atoms with van der Waals surface area (Å²) in [4.78, 5) is 3.93. The fraction of sp³-hybridized carbons (Fsp3) is 0.438. The van der Waals surface area contributed by atoms with Crippen molar-refractivity contribution in [3.63, 3.8) is 0 Å². The maximum Gasteiger partial charge on any atom is 0.263 e. The predicted octanol–water partition coefficient (Wildman–Crippen LogP) is 2.98. The van der Waals surface area contributed by atoms with Gasteiger partial charge in [-0.1, -0.05) is 24.3 Å². The van der Waals surface area contributed by atoms with E-state index in [1.165, 1.54) is 10.4 Å². The molecule has 2 aromatic carbocycles. The summed E-state index contributed by atoms with van der Waals surface area (Å²) >= 11 is 0. The number of aromatic nitrogens is 4. The summed E-state index contributed by atoms with van der Waals surface area (Å²) in [6, 6.07) is 18.0. The van der Waals surface area contributed by atoms with Crippen LogP contribution in [0.15, 0.2) is 70.7 Å². The van der Waals surface area contributed by atoms with Crippen molar-refractivity contribution in [2.24, 2.45) is 5.14 Å². The van der Waals surface area contributed by atoms with Gasteiger partial charge >= 0.3 is 0 Å². The molecule has 0 radical (unpaired) electrons. The zero-order valence-electron chi connectivity index (χ0n) is 29.0. The summed E-state index contributed by atoms with van der Waals surface area (Å²) in [5, 5.41) is 13.4. The van der Waals surface area contributed by atoms with Crippen LogP contribution < -0.4 is 14.6 Å². The fourth-order valence-electron chi connectivity index (χ4n) is 4.80. The first-order valence-electron chi connectivity index (χ1n) is 15.3. The lowest BCUT2D eigenvalue weighted by atomic mass is 10.2. The molecule has 4 aromatic rings. The van der Waals surface area contributed by atoms with Crippen LogP contribution in [0, 0.1) is 0 Å². The monoisotopic (exact) mass is 704 g/mol. The second-order valence-electron chi connectivity index (χ2n) is 11.6. The summed E-state index contributed by atoms with van der Waals surface area (Å²) in [6.45, 7) is 6.73. The first-order chi connectivity index (χ1) is 22.6. The Labute approximate surface area is 284 Å². The van der Waals surface area contributed by atoms with Crippen molar-refractivity contribution in [1.29, 1.82) is 0 Å². The number of nitrogens with zero attached hydrogens (tertiary/aromatic N) is 7. The highest BCUT2D eigenvalue weighted by Gasteiger charge is 2.29. The largest absolute Gasteiger partial charge is 0.497 e. The standard InChI is InChI=1S/C24H32N4O4S.C8H16N4O2S/c1-6-28-21(18-26(2)3)15-24(25-28)33(29,30)27(16-19-7-11-22(31-4)12-8-19)17-20-9-13-23(32-5)14-10-20;1-4-12-7(6-11(2)3)5-8(10-12)15(9,13)14/h7-15H,6,16-18H2,1-5H3;5H,4,6H2,1-3H3,(H2,9,13,14). The lowest BCUT2D eigenvalue weighted by molar-refractivity contribution is 0.382. The fourth-order valence-corrected chi connectivity index (χ4v) is 6.70. The molecule has 0 aliphatic carbocycles. The minimum atomic E-state index is -3.86. The Morgan fingerprint density at radius 3 is 1.35 bits per heavy atom. The summed E-state index contributed by atoms with van der Waals surface area (Å²) in [6.07, 6.45) is 0. The maximum absolute atomic E-state index is 13.7. The second-order valence-corrected chi connectivity index (χ2v) is 15.0. The number of aryl methyl sites for hydroxylation is 2. The third-order valence-electron chi connectivity index (χ3n) is 7.17. The van der Waals surface area contributed by atoms with Crippen molar-refractivity contribution >= 4 is 20.0 Å². The number of nitrogens with two attached hydrogens (primary N) is 1. The smallest absolute Gasteiger partial charge is 0.263 e. The molecule has 2 N–H and O–H groups in total. The summed E-state index contributed by atoms with van der Waals surface area (Å²) in [7, 11) is 3.35. The number of methoxy groups -OCH3 is 2. The van der Waals surface area contributed by atoms with Crippen molar-refractivity contribution in [3.05, 3.63) is 83.2 Å². The minimum Gasteiger partial charge on any atom is -0.497 e. The highest BCUT2D eigenvalue weighted by molar-refractivity contribution is 7.89. The van der Waals surface area contributed by atoms with Gasteiger partial charge in [0.2, 0.25) is 0 Å². The van der Waals surface area contributed by atoms with Crippen LogP contribution in [0.3, 0.4) is 0 Å². The van der Waals surface area contributed by atoms with E-state index in [0.717, 1.165) is 34.0 Å². The van der Waals surface area contributed by atoms with E-state index in [9.17, 15) is 16.8 Å². The number of sulfonamides is 2. The summed E-state index contributed by atoms with van der Waals surface area (Å²) < 4.78 is 65.0. The van der Waals surface area contributed by atoms with Crippen LogP contribution in [-0.2, 0) is 59.3 Å². The highest BCUT2D eigenvalue weighted by atomic mass is 32.2. The van der Waals surface area contributed by atoms with Crippen LogP contribution in [0.25, 0.3) is 0 Å². The second kappa shape index (κ2) is 17.0. The third-order valence-corrected chi connectivity index (χ3v) is 9.62. The molecule has 0 unspecified atom stereocenters. The van der Waals surface area contributed by atoms with E-state index in [0.29, 0.717) is 26.2 Å². The number of ether oxygens (including phenoxy) is 2. The average molecular weight is 705 g/mol. The van der Waals surface area contributed by atoms with Crippen LogP contribution in [0.4, 0.5) is 0 Å². The zero-order chi connectivity index (χ0) is 35.6. The third kappa shape index (κ3) is 10.6. The minimum absolute atomic E-state index is 0.0585. The summed E-state index contributed by atoms with van der Waals surface area (Å²) in [5.74, 6) is 1.44. The van der Waals surface area contributed by atoms with Gasteiger partial charge in [-0.25, -0.2) is 22.0 Å². The normalized spacial score (nSPS) is 12.0. The number of primary sulfonamides is 1. The lowest BCUT2D eigenvalue weighted by Gasteiger charge is -2.21. The van der Waals surface area contributed by atoms with Crippen molar-refractivity contribution in [1.82, 2.24) is 33.7 Å². The molecule has 14 nitrogen and oxygen atoms in total. The molecule has 0 amide bonds. The molecule has 0 bridgehead atoms. The molecule has 0 aliphatic heterocycles. The van der Waals surface area contributed by atoms with Gasteiger partial charge in [-0.3, -0.25) is 9.36 Å². The van der Waals surface area contributed by atoms with E-state index in [1.54, 1.807) is 29.6 Å². The van der Waals surface area contributed by atoms with E-state index in [1.807, 2.05) is 100 Å². The highest BCUT2D eigenvalue weighted by Crippen LogP contribution is 2.24. The Kier molecular flexibility index (Phi) is 13.7. The molecule has 2 heterocycles. The van der Waals surface area contributed by atoms with Gasteiger partial charge in [0.1, 0.15) is 11.5 Å². The van der Waals surface area contributed by atoms with Gasteiger partial charge in [-0.2, -0.15) is 14.5 Å². The number of benzene rings is 2. The van der Waals surface area contributed by atoms with Gasteiger partial charge in [0.25, 0.3) is 20.0 Å². The quantitative estimate of drug-likeness (QED) is 0.195. The topological polar surface area (TPSA) is 158 Å². The Hall–Kier alpha value is -3.80. The van der Waals surface area contributed by atoms with Crippen LogP contribution in [0.5, 0.6) is 11.5 Å². The number of hydrogen-bond acceptors (Lipinski definition) is 10. The molecule has 0 fully saturated rings. The van der Waals surface area contributed by atoms with Gasteiger partial charge < -0.3 is 19.3 Å². The lowest BCUT2D eigenvalue weighted by Crippen LogP contribution is -2.30. The Balaban J connectivity index is 0.000000348. The van der Waals surface area contributed by atoms with E-state index < -0.39 is 20.0 Å². The van der Waals surface area contributed by atoms with Crippen molar-refractivity contribution < 1.29 is 26.3 Å². The van der Waals surface area contributed by atoms with E-state index in [2.05, 4.69) is 10.2 Å². The van der Waals surface area contributed by atoms with E-state index in [-0.39, 0.29) is 23.1 Å². The number of hydrogen-bond donors (Lipinski definition) is 1. The van der Waals surface area contributed by atoms with Crippen molar-refractivity contribution in [2.45, 2.75) is 63.2 Å². The van der Waals surface area contributed by atoms with Gasteiger partial charge in [0.05, 0.1) is 25.6 Å². The zero-order valence-corrected chi connectivity index (χ0v) is 30.6. The van der Waals surface area contributed by atoms with Crippen LogP contribution in [-0.4, -0.2) is 92.9 Å². The van der Waals surface area contributed by atoms with Gasteiger partial charge in [0, 0.05) is 51.4 Å². The molecule has 0 saturated heterocycles. The van der Waals surface area contributed by atoms with Gasteiger partial charge in [-0.15, -0.1) is 0 Å². The molecular formula is C32H48N8O6S2. The Bertz CT molecular complexity index is 1770. The molecule has 0 saturated carbocycles. The molecule has 0 spiro atoms. The van der Waals surface area contributed by atoms with Gasteiger partial charge in [0.15, 0.2) is 10.1 Å². The van der Waals surface area contributed by atoms with Crippen LogP contribution in [0.2, 0.25) is 0 Å². The molecule has 16 heteroatoms. The maximum atomic E-state index is 13.7. The van der Waals surface area contributed by atoms with Crippen molar-refractivity contribution in [2.75, 3.05) is 42.4 Å². The molecule has 0 aliphatic rings. The molecule has 264 valence electrons. The Morgan fingerprint density at radius 1 is 0.646 bits per heavy atom. The SMILES string of the molecule is CCn1nc(S(=O)(=O)N(Cc2ccc(OC)cc2)Cc2ccc(OC)cc2)cc1CN(C)C.CCn1nc(S(N)(=O)=O)cc1CN(C)C. The van der Waals surface area contributed by atoms with Crippen LogP contribution in [0.1, 0.15) is 36.4 Å². The molecule has 48 heavy (non-hydrogen) atoms.